The van der Waals surface area contributed by atoms with Gasteiger partial charge in [0.25, 0.3) is 11.7 Å². The SMILES string of the molecule is C=C1[C@H](C)C[C@H](C)/C=C/C=C/C=C(\C)C(OCCc2ccccc2)C[C@@H]2CC[C@@H](C)[C@@](O)(O2)C(=O)C(=O)N2CCCCC2C(=O)O[C@H]([C@H](C)C[C@@H]2CC[C@@H](OCCO)[C@H](OC)C2)CC(=O)[C@H](C)/C=C(\C)[C@@H](O)[C@H]1OC. The predicted molar refractivity (Wildman–Crippen MR) is 289 cm³/mol. The first-order valence-electron chi connectivity index (χ1n) is 27.8. The second kappa shape index (κ2) is 30.1. The Hall–Kier alpha value is -4.12. The maximum atomic E-state index is 14.6. The van der Waals surface area contributed by atoms with Gasteiger partial charge in [0.15, 0.2) is 0 Å². The van der Waals surface area contributed by atoms with Crippen LogP contribution in [0.1, 0.15) is 131 Å². The number of nitrogens with zero attached hydrogens (tertiary/aromatic N) is 1. The molecule has 2 bridgehead atoms. The molecule has 1 saturated carbocycles. The van der Waals surface area contributed by atoms with Gasteiger partial charge >= 0.3 is 5.97 Å². The molecule has 75 heavy (non-hydrogen) atoms. The van der Waals surface area contributed by atoms with E-state index >= 15 is 0 Å². The van der Waals surface area contributed by atoms with E-state index < -0.39 is 71.8 Å². The zero-order valence-corrected chi connectivity index (χ0v) is 46.5. The van der Waals surface area contributed by atoms with Crippen LogP contribution in [0.3, 0.4) is 0 Å². The summed E-state index contributed by atoms with van der Waals surface area (Å²) in [5.74, 6) is -6.92. The highest BCUT2D eigenvalue weighted by molar-refractivity contribution is 6.39. The van der Waals surface area contributed by atoms with Crippen molar-refractivity contribution in [2.24, 2.45) is 35.5 Å². The fourth-order valence-electron chi connectivity index (χ4n) is 11.5. The molecule has 3 aliphatic heterocycles. The van der Waals surface area contributed by atoms with E-state index in [9.17, 15) is 34.5 Å². The van der Waals surface area contributed by atoms with Crippen LogP contribution >= 0.6 is 0 Å². The maximum absolute atomic E-state index is 14.6. The molecule has 1 aromatic rings. The molecule has 14 heteroatoms. The number of cyclic esters (lactones) is 1. The van der Waals surface area contributed by atoms with Crippen LogP contribution in [0.5, 0.6) is 0 Å². The Kier molecular flexibility index (Phi) is 24.8. The first-order chi connectivity index (χ1) is 35.8. The zero-order valence-electron chi connectivity index (χ0n) is 46.5. The second-order valence-corrected chi connectivity index (χ2v) is 22.2. The van der Waals surface area contributed by atoms with E-state index in [0.717, 1.165) is 29.6 Å². The minimum atomic E-state index is -2.45. The highest BCUT2D eigenvalue weighted by Gasteiger charge is 2.53. The fourth-order valence-corrected chi connectivity index (χ4v) is 11.5. The number of methoxy groups -OCH3 is 2. The summed E-state index contributed by atoms with van der Waals surface area (Å²) in [5.41, 5.74) is 3.34. The number of hydrogen-bond acceptors (Lipinski definition) is 13. The van der Waals surface area contributed by atoms with Crippen molar-refractivity contribution in [1.82, 2.24) is 4.90 Å². The minimum absolute atomic E-state index is 0.0143. The molecule has 3 fully saturated rings. The van der Waals surface area contributed by atoms with Crippen molar-refractivity contribution in [1.29, 1.82) is 0 Å². The Morgan fingerprint density at radius 3 is 2.31 bits per heavy atom. The Balaban J connectivity index is 1.47. The summed E-state index contributed by atoms with van der Waals surface area (Å²) in [4.78, 5) is 59.3. The van der Waals surface area contributed by atoms with E-state index in [1.165, 1.54) is 4.90 Å². The van der Waals surface area contributed by atoms with E-state index in [4.69, 9.17) is 28.4 Å². The summed E-state index contributed by atoms with van der Waals surface area (Å²) in [6.07, 6.45) is 14.3. The minimum Gasteiger partial charge on any atom is -0.460 e. The lowest BCUT2D eigenvalue weighted by Crippen LogP contribution is -2.61. The van der Waals surface area contributed by atoms with Crippen molar-refractivity contribution >= 4 is 23.4 Å². The Bertz CT molecular complexity index is 2140. The van der Waals surface area contributed by atoms with Crippen molar-refractivity contribution in [2.75, 3.05) is 40.6 Å². The summed E-state index contributed by atoms with van der Waals surface area (Å²) < 4.78 is 36.9. The van der Waals surface area contributed by atoms with Gasteiger partial charge in [-0.15, -0.1) is 0 Å². The molecular formula is C61H91NO13. The van der Waals surface area contributed by atoms with E-state index in [2.05, 4.69) is 38.6 Å². The van der Waals surface area contributed by atoms with Gasteiger partial charge in [-0.05, 0) is 130 Å². The summed E-state index contributed by atoms with van der Waals surface area (Å²) in [6, 6.07) is 8.92. The van der Waals surface area contributed by atoms with Gasteiger partial charge in [0.05, 0.1) is 44.2 Å². The number of ketones is 2. The average Bonchev–Trinajstić information content (AvgIpc) is 3.40. The standard InChI is InChI=1S/C61H91NO13/c1-39-19-13-11-14-20-40(2)53(72-31-28-47-21-15-12-16-22-47)37-49-26-24-45(7)61(69,75-49)58(66)59(67)62-29-18-17-23-50(62)60(68)74-54(43(5)35-48-25-27-52(73-32-30-63)55(36-48)70-9)38-51(64)42(4)34-44(6)56(65)57(71-10)46(8)41(3)33-39/h11-16,19-22,34,39,41-43,45,48-50,52-57,63,65,69H,8,17-18,23-33,35-38H2,1-7,9-10H3/b14-11+,19-13+,40-20+,44-34+/t39-,41-,42-,43-,45-,48+,49+,50?,52-,53?,54+,55-,56-,57+,61-/m1/s1. The number of hydrogen-bond donors (Lipinski definition) is 3. The molecule has 0 aromatic heterocycles. The molecule has 2 unspecified atom stereocenters. The largest absolute Gasteiger partial charge is 0.460 e. The third-order valence-corrected chi connectivity index (χ3v) is 16.4. The highest BCUT2D eigenvalue weighted by Crippen LogP contribution is 2.38. The molecule has 1 aromatic carbocycles. The van der Waals surface area contributed by atoms with Gasteiger partial charge in [0.2, 0.25) is 5.79 Å². The van der Waals surface area contributed by atoms with Gasteiger partial charge < -0.3 is 48.6 Å². The molecule has 14 nitrogen and oxygen atoms in total. The van der Waals surface area contributed by atoms with Crippen LogP contribution < -0.4 is 0 Å². The van der Waals surface area contributed by atoms with E-state index in [1.807, 2.05) is 56.4 Å². The number of ether oxygens (including phenoxy) is 6. The fraction of sp³-hybridized carbons (Fsp3) is 0.672. The number of aliphatic hydroxyl groups is 3. The lowest BCUT2D eigenvalue weighted by atomic mass is 9.78. The third-order valence-electron chi connectivity index (χ3n) is 16.4. The van der Waals surface area contributed by atoms with Crippen LogP contribution in [0, 0.1) is 35.5 Å². The molecule has 2 saturated heterocycles. The molecule has 0 spiro atoms. The topological polar surface area (TPSA) is 188 Å². The van der Waals surface area contributed by atoms with Gasteiger partial charge in [-0.3, -0.25) is 14.4 Å². The monoisotopic (exact) mass is 1050 g/mol. The van der Waals surface area contributed by atoms with Crippen LogP contribution in [-0.4, -0.2) is 139 Å². The lowest BCUT2D eigenvalue weighted by Gasteiger charge is -2.43. The molecule has 3 N–H and O–H groups in total. The summed E-state index contributed by atoms with van der Waals surface area (Å²) in [7, 11) is 3.19. The number of fused-ring (bicyclic) bond motifs is 3. The molecule has 5 rings (SSSR count). The number of esters is 1. The molecule has 0 radical (unpaired) electrons. The van der Waals surface area contributed by atoms with Crippen LogP contribution in [0.25, 0.3) is 0 Å². The van der Waals surface area contributed by atoms with Crippen LogP contribution in [-0.2, 0) is 54.0 Å². The normalized spacial score (nSPS) is 36.6. The van der Waals surface area contributed by atoms with E-state index in [0.29, 0.717) is 70.0 Å². The molecule has 3 heterocycles. The van der Waals surface area contributed by atoms with E-state index in [1.54, 1.807) is 41.1 Å². The van der Waals surface area contributed by atoms with Crippen LogP contribution in [0.2, 0.25) is 0 Å². The van der Waals surface area contributed by atoms with Crippen LogP contribution in [0.4, 0.5) is 0 Å². The maximum Gasteiger partial charge on any atom is 0.329 e. The van der Waals surface area contributed by atoms with Crippen molar-refractivity contribution < 1.29 is 62.9 Å². The summed E-state index contributed by atoms with van der Waals surface area (Å²) in [5, 5.41) is 33.4. The predicted octanol–water partition coefficient (Wildman–Crippen LogP) is 8.80. The quantitative estimate of drug-likeness (QED) is 0.103. The zero-order chi connectivity index (χ0) is 54.8. The Morgan fingerprint density at radius 1 is 0.853 bits per heavy atom. The number of carbonyl (C=O) groups excluding carboxylic acids is 4. The molecular weight excluding hydrogens is 955 g/mol. The second-order valence-electron chi connectivity index (χ2n) is 22.2. The van der Waals surface area contributed by atoms with Crippen molar-refractivity contribution in [3.05, 3.63) is 95.6 Å². The number of carbonyl (C=O) groups is 4. The highest BCUT2D eigenvalue weighted by atomic mass is 16.6. The average molecular weight is 1050 g/mol. The smallest absolute Gasteiger partial charge is 0.329 e. The van der Waals surface area contributed by atoms with Gasteiger partial charge in [-0.2, -0.15) is 0 Å². The van der Waals surface area contributed by atoms with E-state index in [-0.39, 0.29) is 74.3 Å². The molecule has 15 atom stereocenters. The first-order valence-corrected chi connectivity index (χ1v) is 27.8. The van der Waals surface area contributed by atoms with Gasteiger partial charge in [0.1, 0.15) is 30.1 Å². The third kappa shape index (κ3) is 17.4. The van der Waals surface area contributed by atoms with Gasteiger partial charge in [0, 0.05) is 45.4 Å². The number of benzene rings is 1. The van der Waals surface area contributed by atoms with Crippen molar-refractivity contribution in [3.8, 4) is 0 Å². The van der Waals surface area contributed by atoms with Gasteiger partial charge in [-0.25, -0.2) is 4.79 Å². The number of piperidine rings is 1. The number of amides is 1. The summed E-state index contributed by atoms with van der Waals surface area (Å²) in [6.45, 7) is 18.4. The van der Waals surface area contributed by atoms with Crippen molar-refractivity contribution in [2.45, 2.75) is 186 Å². The molecule has 418 valence electrons. The number of aliphatic hydroxyl groups excluding tert-OH is 2. The summed E-state index contributed by atoms with van der Waals surface area (Å²) >= 11 is 0. The molecule has 1 amide bonds. The lowest BCUT2D eigenvalue weighted by molar-refractivity contribution is -0.266. The number of rotatable bonds is 12. The first kappa shape index (κ1) is 61.7. The number of allylic oxidation sites excluding steroid dienone is 6. The van der Waals surface area contributed by atoms with Gasteiger partial charge in [-0.1, -0.05) is 108 Å². The number of Topliss-reactive ketones (excluding diaryl/α,β-unsaturated/α-hetero) is 2. The molecule has 4 aliphatic rings. The Labute approximate surface area is 448 Å². The van der Waals surface area contributed by atoms with Crippen molar-refractivity contribution in [3.63, 3.8) is 0 Å². The Morgan fingerprint density at radius 2 is 1.60 bits per heavy atom. The van der Waals surface area contributed by atoms with Crippen LogP contribution in [0.15, 0.2) is 90.1 Å². The molecule has 1 aliphatic carbocycles.